The summed E-state index contributed by atoms with van der Waals surface area (Å²) in [6, 6.07) is 15.5. The molecule has 3 rings (SSSR count). The van der Waals surface area contributed by atoms with Crippen LogP contribution >= 0.6 is 0 Å². The van der Waals surface area contributed by atoms with Gasteiger partial charge in [-0.1, -0.05) is 25.0 Å². The number of carbonyl (C=O) groups excluding carboxylic acids is 1. The van der Waals surface area contributed by atoms with Crippen LogP contribution < -0.4 is 14.2 Å². The van der Waals surface area contributed by atoms with E-state index >= 15 is 0 Å². The third-order valence-corrected chi connectivity index (χ3v) is 5.07. The van der Waals surface area contributed by atoms with Gasteiger partial charge in [-0.3, -0.25) is 4.79 Å². The Balaban J connectivity index is 1.66. The van der Waals surface area contributed by atoms with Crippen LogP contribution in [0.5, 0.6) is 17.2 Å². The molecule has 1 atom stereocenters. The molecule has 1 aliphatic heterocycles. The smallest absolute Gasteiger partial charge is 0.261 e. The average Bonchev–Trinajstić information content (AvgIpc) is 2.99. The van der Waals surface area contributed by atoms with Gasteiger partial charge in [0.2, 0.25) is 0 Å². The maximum atomic E-state index is 13.0. The van der Waals surface area contributed by atoms with E-state index in [0.717, 1.165) is 49.3 Å². The normalized spacial score (nSPS) is 16.9. The van der Waals surface area contributed by atoms with Crippen LogP contribution in [0.4, 0.5) is 0 Å². The number of ether oxygens (including phenoxy) is 3. The second-order valence-corrected chi connectivity index (χ2v) is 6.92. The fourth-order valence-corrected chi connectivity index (χ4v) is 3.61. The van der Waals surface area contributed by atoms with E-state index in [2.05, 4.69) is 12.1 Å². The first kappa shape index (κ1) is 20.1. The van der Waals surface area contributed by atoms with Crippen LogP contribution in [0.15, 0.2) is 48.5 Å². The van der Waals surface area contributed by atoms with Gasteiger partial charge in [0.1, 0.15) is 17.2 Å². The molecule has 0 spiro atoms. The monoisotopic (exact) mass is 383 g/mol. The van der Waals surface area contributed by atoms with Crippen molar-refractivity contribution in [3.05, 3.63) is 54.1 Å². The maximum absolute atomic E-state index is 13.0. The summed E-state index contributed by atoms with van der Waals surface area (Å²) < 4.78 is 16.4. The summed E-state index contributed by atoms with van der Waals surface area (Å²) >= 11 is 0. The Morgan fingerprint density at radius 3 is 2.21 bits per heavy atom. The second kappa shape index (κ2) is 10.0. The number of likely N-dealkylation sites (tertiary alicyclic amines) is 1. The average molecular weight is 383 g/mol. The van der Waals surface area contributed by atoms with E-state index in [9.17, 15) is 4.79 Å². The van der Waals surface area contributed by atoms with Crippen molar-refractivity contribution >= 4 is 5.91 Å². The summed E-state index contributed by atoms with van der Waals surface area (Å²) in [4.78, 5) is 14.9. The highest BCUT2D eigenvalue weighted by molar-refractivity contribution is 5.78. The predicted octanol–water partition coefficient (Wildman–Crippen LogP) is 4.62. The van der Waals surface area contributed by atoms with E-state index in [4.69, 9.17) is 14.2 Å². The number of amides is 1. The highest BCUT2D eigenvalue weighted by Gasteiger charge is 2.27. The number of nitrogens with zero attached hydrogens (tertiary/aromatic N) is 1. The molecular weight excluding hydrogens is 354 g/mol. The van der Waals surface area contributed by atoms with Crippen LogP contribution in [0.2, 0.25) is 0 Å². The molecule has 28 heavy (non-hydrogen) atoms. The van der Waals surface area contributed by atoms with E-state index in [0.29, 0.717) is 12.4 Å². The van der Waals surface area contributed by atoms with Crippen molar-refractivity contribution in [3.63, 3.8) is 0 Å². The summed E-state index contributed by atoms with van der Waals surface area (Å²) in [7, 11) is 1.66. The number of carbonyl (C=O) groups is 1. The highest BCUT2D eigenvalue weighted by Crippen LogP contribution is 2.31. The minimum atomic E-state index is 0.0246. The molecule has 150 valence electrons. The van der Waals surface area contributed by atoms with Gasteiger partial charge in [-0.25, -0.2) is 0 Å². The Labute approximate surface area is 167 Å². The van der Waals surface area contributed by atoms with Crippen molar-refractivity contribution in [2.45, 2.75) is 38.6 Å². The molecule has 1 heterocycles. The van der Waals surface area contributed by atoms with Crippen LogP contribution in [0.3, 0.4) is 0 Å². The Morgan fingerprint density at radius 2 is 1.57 bits per heavy atom. The van der Waals surface area contributed by atoms with Crippen LogP contribution in [-0.4, -0.2) is 37.7 Å². The van der Waals surface area contributed by atoms with Gasteiger partial charge < -0.3 is 19.1 Å². The lowest BCUT2D eigenvalue weighted by atomic mass is 10.0. The third kappa shape index (κ3) is 5.18. The lowest BCUT2D eigenvalue weighted by molar-refractivity contribution is -0.135. The molecule has 1 aliphatic rings. The van der Waals surface area contributed by atoms with E-state index in [-0.39, 0.29) is 18.6 Å². The first-order chi connectivity index (χ1) is 13.7. The molecule has 1 fully saturated rings. The van der Waals surface area contributed by atoms with Crippen molar-refractivity contribution < 1.29 is 19.0 Å². The zero-order valence-electron chi connectivity index (χ0n) is 16.7. The second-order valence-electron chi connectivity index (χ2n) is 6.92. The van der Waals surface area contributed by atoms with Gasteiger partial charge in [0.15, 0.2) is 6.61 Å². The van der Waals surface area contributed by atoms with Gasteiger partial charge >= 0.3 is 0 Å². The molecule has 5 nitrogen and oxygen atoms in total. The van der Waals surface area contributed by atoms with Crippen LogP contribution in [-0.2, 0) is 4.79 Å². The number of methoxy groups -OCH3 is 1. The van der Waals surface area contributed by atoms with Gasteiger partial charge in [-0.05, 0) is 61.7 Å². The van der Waals surface area contributed by atoms with Gasteiger partial charge in [0.25, 0.3) is 5.91 Å². The largest absolute Gasteiger partial charge is 0.497 e. The molecule has 0 aliphatic carbocycles. The van der Waals surface area contributed by atoms with Gasteiger partial charge in [-0.15, -0.1) is 0 Å². The summed E-state index contributed by atoms with van der Waals surface area (Å²) in [6.45, 7) is 3.38. The number of hydrogen-bond acceptors (Lipinski definition) is 4. The molecule has 1 saturated heterocycles. The molecular formula is C23H29NO4. The molecule has 0 saturated carbocycles. The lowest BCUT2D eigenvalue weighted by Gasteiger charge is -2.30. The van der Waals surface area contributed by atoms with Crippen molar-refractivity contribution in [1.82, 2.24) is 4.90 Å². The molecule has 0 N–H and O–H groups in total. The number of hydrogen-bond donors (Lipinski definition) is 0. The van der Waals surface area contributed by atoms with Crippen molar-refractivity contribution in [3.8, 4) is 17.2 Å². The van der Waals surface area contributed by atoms with Gasteiger partial charge in [-0.2, -0.15) is 0 Å². The summed E-state index contributed by atoms with van der Waals surface area (Å²) in [6.07, 6.45) is 4.28. The summed E-state index contributed by atoms with van der Waals surface area (Å²) in [5.74, 6) is 2.33. The highest BCUT2D eigenvalue weighted by atomic mass is 16.5. The molecule has 0 bridgehead atoms. The third-order valence-electron chi connectivity index (χ3n) is 5.07. The van der Waals surface area contributed by atoms with E-state index < -0.39 is 0 Å². The molecule has 1 amide bonds. The fourth-order valence-electron chi connectivity index (χ4n) is 3.61. The van der Waals surface area contributed by atoms with Crippen molar-refractivity contribution in [1.29, 1.82) is 0 Å². The Kier molecular flexibility index (Phi) is 7.18. The minimum Gasteiger partial charge on any atom is -0.497 e. The predicted molar refractivity (Wildman–Crippen MR) is 109 cm³/mol. The zero-order valence-corrected chi connectivity index (χ0v) is 16.7. The van der Waals surface area contributed by atoms with E-state index in [1.54, 1.807) is 7.11 Å². The van der Waals surface area contributed by atoms with Crippen molar-refractivity contribution in [2.75, 3.05) is 26.9 Å². The molecule has 0 radical (unpaired) electrons. The standard InChI is InChI=1S/C23H29NO4/c1-3-27-20-12-14-21(15-13-20)28-17-23(25)24-16-6-4-5-7-22(24)18-8-10-19(26-2)11-9-18/h8-15,22H,3-7,16-17H2,1-2H3. The maximum Gasteiger partial charge on any atom is 0.261 e. The van der Waals surface area contributed by atoms with Crippen LogP contribution in [0, 0.1) is 0 Å². The first-order valence-electron chi connectivity index (χ1n) is 10.0. The van der Waals surface area contributed by atoms with E-state index in [1.165, 1.54) is 0 Å². The number of rotatable bonds is 7. The van der Waals surface area contributed by atoms with E-state index in [1.807, 2.05) is 48.2 Å². The Morgan fingerprint density at radius 1 is 0.929 bits per heavy atom. The first-order valence-corrected chi connectivity index (χ1v) is 10.0. The van der Waals surface area contributed by atoms with Gasteiger partial charge in [0.05, 0.1) is 19.8 Å². The SMILES string of the molecule is CCOc1ccc(OCC(=O)N2CCCCCC2c2ccc(OC)cc2)cc1. The molecule has 5 heteroatoms. The fraction of sp³-hybridized carbons (Fsp3) is 0.435. The lowest BCUT2D eigenvalue weighted by Crippen LogP contribution is -2.38. The minimum absolute atomic E-state index is 0.0246. The molecule has 2 aromatic rings. The van der Waals surface area contributed by atoms with Crippen LogP contribution in [0.25, 0.3) is 0 Å². The Bertz CT molecular complexity index is 742. The van der Waals surface area contributed by atoms with Gasteiger partial charge in [0, 0.05) is 6.54 Å². The van der Waals surface area contributed by atoms with Crippen molar-refractivity contribution in [2.24, 2.45) is 0 Å². The number of benzene rings is 2. The molecule has 1 unspecified atom stereocenters. The summed E-state index contributed by atoms with van der Waals surface area (Å²) in [5.41, 5.74) is 1.15. The van der Waals surface area contributed by atoms with Crippen LogP contribution in [0.1, 0.15) is 44.2 Å². The summed E-state index contributed by atoms with van der Waals surface area (Å²) in [5, 5.41) is 0. The molecule has 2 aromatic carbocycles. The Hall–Kier alpha value is -2.69. The molecule has 0 aromatic heterocycles. The quantitative estimate of drug-likeness (QED) is 0.700. The zero-order chi connectivity index (χ0) is 19.8. The topological polar surface area (TPSA) is 48.0 Å².